The minimum Gasteiger partial charge on any atom is -0.378 e. The van der Waals surface area contributed by atoms with E-state index in [1.165, 1.54) is 6.33 Å². The van der Waals surface area contributed by atoms with Crippen molar-refractivity contribution in [2.24, 2.45) is 0 Å². The van der Waals surface area contributed by atoms with Crippen molar-refractivity contribution in [3.05, 3.63) is 54.0 Å². The van der Waals surface area contributed by atoms with Crippen LogP contribution in [0, 0.1) is 0 Å². The Kier molecular flexibility index (Phi) is 5.60. The molecule has 0 radical (unpaired) electrons. The Morgan fingerprint density at radius 1 is 1.20 bits per heavy atom. The van der Waals surface area contributed by atoms with E-state index in [2.05, 4.69) is 14.9 Å². The van der Waals surface area contributed by atoms with Crippen LogP contribution in [0.1, 0.15) is 29.9 Å². The van der Waals surface area contributed by atoms with Crippen molar-refractivity contribution in [3.8, 4) is 0 Å². The third-order valence-electron chi connectivity index (χ3n) is 4.29. The van der Waals surface area contributed by atoms with Gasteiger partial charge in [-0.2, -0.15) is 0 Å². The molecule has 3 rings (SSSR count). The maximum atomic E-state index is 13.0. The fourth-order valence-corrected chi connectivity index (χ4v) is 2.85. The summed E-state index contributed by atoms with van der Waals surface area (Å²) in [5, 5.41) is 0. The van der Waals surface area contributed by atoms with Gasteiger partial charge in [0.1, 0.15) is 17.8 Å². The summed E-state index contributed by atoms with van der Waals surface area (Å²) in [6, 6.07) is 11.9. The van der Waals surface area contributed by atoms with E-state index in [1.807, 2.05) is 49.1 Å². The molecule has 25 heavy (non-hydrogen) atoms. The van der Waals surface area contributed by atoms with Crippen LogP contribution in [0.5, 0.6) is 0 Å². The third-order valence-corrected chi connectivity index (χ3v) is 4.29. The van der Waals surface area contributed by atoms with Crippen molar-refractivity contribution in [2.75, 3.05) is 31.2 Å². The van der Waals surface area contributed by atoms with Crippen LogP contribution in [0.4, 0.5) is 5.82 Å². The third kappa shape index (κ3) is 4.33. The molecule has 1 aliphatic rings. The lowest BCUT2D eigenvalue weighted by Gasteiger charge is -2.29. The predicted molar refractivity (Wildman–Crippen MR) is 96.5 cm³/mol. The second kappa shape index (κ2) is 8.07. The van der Waals surface area contributed by atoms with Gasteiger partial charge < -0.3 is 14.5 Å². The molecule has 1 saturated heterocycles. The van der Waals surface area contributed by atoms with Crippen molar-refractivity contribution in [2.45, 2.75) is 26.4 Å². The summed E-state index contributed by atoms with van der Waals surface area (Å²) in [7, 11) is 0. The molecule has 6 nitrogen and oxygen atoms in total. The number of carbonyl (C=O) groups is 1. The van der Waals surface area contributed by atoms with E-state index in [0.717, 1.165) is 24.5 Å². The van der Waals surface area contributed by atoms with Crippen molar-refractivity contribution in [1.29, 1.82) is 0 Å². The van der Waals surface area contributed by atoms with E-state index in [4.69, 9.17) is 4.74 Å². The first-order chi connectivity index (χ1) is 12.1. The molecule has 0 saturated carbocycles. The summed E-state index contributed by atoms with van der Waals surface area (Å²) in [5.41, 5.74) is 1.54. The Morgan fingerprint density at radius 3 is 2.60 bits per heavy atom. The van der Waals surface area contributed by atoms with E-state index in [0.29, 0.717) is 25.5 Å². The number of amides is 1. The molecule has 1 aromatic heterocycles. The molecule has 0 spiro atoms. The van der Waals surface area contributed by atoms with Gasteiger partial charge in [0, 0.05) is 31.7 Å². The summed E-state index contributed by atoms with van der Waals surface area (Å²) >= 11 is 0. The number of hydrogen-bond donors (Lipinski definition) is 0. The van der Waals surface area contributed by atoms with Crippen LogP contribution in [-0.4, -0.2) is 53.1 Å². The second-order valence-corrected chi connectivity index (χ2v) is 6.37. The highest BCUT2D eigenvalue weighted by molar-refractivity contribution is 5.93. The van der Waals surface area contributed by atoms with Gasteiger partial charge in [0.05, 0.1) is 13.2 Å². The molecule has 1 aromatic carbocycles. The summed E-state index contributed by atoms with van der Waals surface area (Å²) in [4.78, 5) is 25.5. The van der Waals surface area contributed by atoms with Gasteiger partial charge in [0.25, 0.3) is 5.91 Å². The first-order valence-corrected chi connectivity index (χ1v) is 8.65. The maximum absolute atomic E-state index is 13.0. The quantitative estimate of drug-likeness (QED) is 0.836. The Labute approximate surface area is 148 Å². The molecule has 6 heteroatoms. The molecule has 1 fully saturated rings. The lowest BCUT2D eigenvalue weighted by atomic mass is 10.1. The summed E-state index contributed by atoms with van der Waals surface area (Å²) in [6.45, 7) is 7.52. The lowest BCUT2D eigenvalue weighted by Crippen LogP contribution is -2.38. The molecule has 2 aromatic rings. The minimum absolute atomic E-state index is 0.0734. The molecule has 132 valence electrons. The Bertz CT molecular complexity index is 700. The fraction of sp³-hybridized carbons (Fsp3) is 0.421. The SMILES string of the molecule is CC(C)N(Cc1ccccc1)C(=O)c1cc(N2CCOCC2)ncn1. The highest BCUT2D eigenvalue weighted by atomic mass is 16.5. The molecule has 1 aliphatic heterocycles. The number of hydrogen-bond acceptors (Lipinski definition) is 5. The van der Waals surface area contributed by atoms with Gasteiger partial charge in [-0.05, 0) is 19.4 Å². The molecular weight excluding hydrogens is 316 g/mol. The number of rotatable bonds is 5. The normalized spacial score (nSPS) is 14.6. The standard InChI is InChI=1S/C19H24N4O2/c1-15(2)23(13-16-6-4-3-5-7-16)19(24)17-12-18(21-14-20-17)22-8-10-25-11-9-22/h3-7,12,14-15H,8-11,13H2,1-2H3. The maximum Gasteiger partial charge on any atom is 0.273 e. The molecule has 0 aliphatic carbocycles. The number of nitrogens with zero attached hydrogens (tertiary/aromatic N) is 4. The van der Waals surface area contributed by atoms with Gasteiger partial charge in [0.15, 0.2) is 0 Å². The van der Waals surface area contributed by atoms with Gasteiger partial charge in [0.2, 0.25) is 0 Å². The molecule has 0 unspecified atom stereocenters. The first kappa shape index (κ1) is 17.4. The molecule has 0 N–H and O–H groups in total. The lowest BCUT2D eigenvalue weighted by molar-refractivity contribution is 0.0684. The van der Waals surface area contributed by atoms with Crippen LogP contribution in [0.25, 0.3) is 0 Å². The highest BCUT2D eigenvalue weighted by Crippen LogP contribution is 2.16. The number of aromatic nitrogens is 2. The zero-order valence-electron chi connectivity index (χ0n) is 14.8. The molecule has 0 bridgehead atoms. The van der Waals surface area contributed by atoms with Crippen LogP contribution in [0.15, 0.2) is 42.7 Å². The van der Waals surface area contributed by atoms with Crippen LogP contribution in [0.3, 0.4) is 0 Å². The van der Waals surface area contributed by atoms with E-state index in [1.54, 1.807) is 6.07 Å². The Morgan fingerprint density at radius 2 is 1.92 bits per heavy atom. The van der Waals surface area contributed by atoms with Crippen LogP contribution >= 0.6 is 0 Å². The smallest absolute Gasteiger partial charge is 0.273 e. The summed E-state index contributed by atoms with van der Waals surface area (Å²) in [5.74, 6) is 0.709. The van der Waals surface area contributed by atoms with Gasteiger partial charge in [-0.25, -0.2) is 9.97 Å². The highest BCUT2D eigenvalue weighted by Gasteiger charge is 2.22. The van der Waals surface area contributed by atoms with E-state index < -0.39 is 0 Å². The monoisotopic (exact) mass is 340 g/mol. The van der Waals surface area contributed by atoms with Crippen molar-refractivity contribution in [3.63, 3.8) is 0 Å². The molecule has 2 heterocycles. The van der Waals surface area contributed by atoms with Crippen molar-refractivity contribution >= 4 is 11.7 Å². The first-order valence-electron chi connectivity index (χ1n) is 8.65. The Balaban J connectivity index is 1.79. The van der Waals surface area contributed by atoms with E-state index in [-0.39, 0.29) is 11.9 Å². The number of carbonyl (C=O) groups excluding carboxylic acids is 1. The van der Waals surface area contributed by atoms with Gasteiger partial charge in [-0.1, -0.05) is 30.3 Å². The van der Waals surface area contributed by atoms with Crippen LogP contribution in [0.2, 0.25) is 0 Å². The minimum atomic E-state index is -0.0734. The summed E-state index contributed by atoms with van der Waals surface area (Å²) in [6.07, 6.45) is 1.47. The number of anilines is 1. The molecular formula is C19H24N4O2. The number of benzene rings is 1. The van der Waals surface area contributed by atoms with Crippen LogP contribution in [-0.2, 0) is 11.3 Å². The number of morpholine rings is 1. The molecule has 1 amide bonds. The van der Waals surface area contributed by atoms with Gasteiger partial charge in [-0.3, -0.25) is 4.79 Å². The second-order valence-electron chi connectivity index (χ2n) is 6.37. The fourth-order valence-electron chi connectivity index (χ4n) is 2.85. The van der Waals surface area contributed by atoms with E-state index >= 15 is 0 Å². The average Bonchev–Trinajstić information content (AvgIpc) is 2.67. The topological polar surface area (TPSA) is 58.6 Å². The number of ether oxygens (including phenoxy) is 1. The zero-order chi connectivity index (χ0) is 17.6. The predicted octanol–water partition coefficient (Wildman–Crippen LogP) is 2.36. The average molecular weight is 340 g/mol. The van der Waals surface area contributed by atoms with Crippen molar-refractivity contribution in [1.82, 2.24) is 14.9 Å². The largest absolute Gasteiger partial charge is 0.378 e. The van der Waals surface area contributed by atoms with Gasteiger partial charge in [-0.15, -0.1) is 0 Å². The van der Waals surface area contributed by atoms with Gasteiger partial charge >= 0.3 is 0 Å². The Hall–Kier alpha value is -2.47. The van der Waals surface area contributed by atoms with E-state index in [9.17, 15) is 4.79 Å². The summed E-state index contributed by atoms with van der Waals surface area (Å²) < 4.78 is 5.37. The van der Waals surface area contributed by atoms with Crippen molar-refractivity contribution < 1.29 is 9.53 Å². The zero-order valence-corrected chi connectivity index (χ0v) is 14.8. The molecule has 0 atom stereocenters. The van der Waals surface area contributed by atoms with Crippen LogP contribution < -0.4 is 4.90 Å².